The van der Waals surface area contributed by atoms with Gasteiger partial charge in [-0.05, 0) is 50.6 Å². The van der Waals surface area contributed by atoms with Crippen molar-refractivity contribution in [1.29, 1.82) is 0 Å². The summed E-state index contributed by atoms with van der Waals surface area (Å²) in [5.74, 6) is 0.293. The van der Waals surface area contributed by atoms with Gasteiger partial charge in [0.1, 0.15) is 12.4 Å². The van der Waals surface area contributed by atoms with Crippen molar-refractivity contribution in [3.8, 4) is 17.0 Å². The molecule has 9 nitrogen and oxygen atoms in total. The Labute approximate surface area is 215 Å². The SMILES string of the molecule is CCOc1ccc(-c2csc(=NC(=O)c3ccc(C)nc3)n2CCCNC(=O)COC)cc1N(C)C. The van der Waals surface area contributed by atoms with Gasteiger partial charge in [-0.25, -0.2) is 0 Å². The quantitative estimate of drug-likeness (QED) is 0.397. The van der Waals surface area contributed by atoms with Crippen molar-refractivity contribution in [1.82, 2.24) is 14.9 Å². The van der Waals surface area contributed by atoms with Crippen LogP contribution in [0.25, 0.3) is 11.3 Å². The van der Waals surface area contributed by atoms with E-state index in [1.54, 1.807) is 18.3 Å². The van der Waals surface area contributed by atoms with E-state index in [4.69, 9.17) is 9.47 Å². The number of nitrogens with zero attached hydrogens (tertiary/aromatic N) is 4. The summed E-state index contributed by atoms with van der Waals surface area (Å²) in [6.45, 7) is 5.47. The first-order valence-corrected chi connectivity index (χ1v) is 12.6. The van der Waals surface area contributed by atoms with Gasteiger partial charge in [-0.3, -0.25) is 14.6 Å². The van der Waals surface area contributed by atoms with Crippen LogP contribution in [0.1, 0.15) is 29.4 Å². The molecule has 0 aliphatic rings. The number of hydrogen-bond acceptors (Lipinski definition) is 7. The molecule has 3 aromatic rings. The van der Waals surface area contributed by atoms with Crippen molar-refractivity contribution in [2.45, 2.75) is 26.8 Å². The molecule has 2 aromatic heterocycles. The van der Waals surface area contributed by atoms with Crippen molar-refractivity contribution in [2.75, 3.05) is 45.9 Å². The second-order valence-corrected chi connectivity index (χ2v) is 9.14. The minimum absolute atomic E-state index is 0.0238. The molecular weight excluding hydrogens is 478 g/mol. The molecule has 2 heterocycles. The number of hydrogen-bond donors (Lipinski definition) is 1. The molecule has 0 radical (unpaired) electrons. The number of aromatic nitrogens is 2. The van der Waals surface area contributed by atoms with Gasteiger partial charge in [0.25, 0.3) is 5.91 Å². The van der Waals surface area contributed by atoms with Crippen molar-refractivity contribution < 1.29 is 19.1 Å². The topological polar surface area (TPSA) is 98.0 Å². The highest BCUT2D eigenvalue weighted by atomic mass is 32.1. The van der Waals surface area contributed by atoms with E-state index < -0.39 is 0 Å². The van der Waals surface area contributed by atoms with Gasteiger partial charge in [0.15, 0.2) is 4.80 Å². The van der Waals surface area contributed by atoms with Gasteiger partial charge in [-0.15, -0.1) is 11.3 Å². The average molecular weight is 512 g/mol. The molecule has 0 aliphatic carbocycles. The Hall–Kier alpha value is -3.50. The maximum absolute atomic E-state index is 12.9. The number of anilines is 1. The fraction of sp³-hybridized carbons (Fsp3) is 0.385. The lowest BCUT2D eigenvalue weighted by molar-refractivity contribution is -0.124. The molecule has 0 unspecified atom stereocenters. The number of aryl methyl sites for hydroxylation is 1. The zero-order chi connectivity index (χ0) is 26.1. The van der Waals surface area contributed by atoms with Gasteiger partial charge in [0.2, 0.25) is 5.91 Å². The van der Waals surface area contributed by atoms with Crippen LogP contribution in [-0.4, -0.2) is 62.3 Å². The lowest BCUT2D eigenvalue weighted by Gasteiger charge is -2.19. The molecule has 0 fully saturated rings. The Kier molecular flexibility index (Phi) is 9.77. The Balaban J connectivity index is 1.97. The fourth-order valence-electron chi connectivity index (χ4n) is 3.56. The Morgan fingerprint density at radius 3 is 2.69 bits per heavy atom. The number of ether oxygens (including phenoxy) is 2. The van der Waals surface area contributed by atoms with Crippen molar-refractivity contribution in [2.24, 2.45) is 4.99 Å². The number of pyridine rings is 1. The summed E-state index contributed by atoms with van der Waals surface area (Å²) in [6.07, 6.45) is 2.20. The van der Waals surface area contributed by atoms with Crippen molar-refractivity contribution >= 4 is 28.8 Å². The molecule has 0 saturated carbocycles. The molecule has 0 spiro atoms. The average Bonchev–Trinajstić information content (AvgIpc) is 3.24. The third-order valence-electron chi connectivity index (χ3n) is 5.35. The first-order valence-electron chi connectivity index (χ1n) is 11.7. The monoisotopic (exact) mass is 511 g/mol. The molecule has 1 N–H and O–H groups in total. The number of nitrogens with one attached hydrogen (secondary N) is 1. The standard InChI is InChI=1S/C26H33N5O4S/c1-6-35-23-11-10-19(14-21(23)30(3)4)22-17-36-26(29-25(33)20-9-8-18(2)28-15-20)31(22)13-7-12-27-24(32)16-34-5/h8-11,14-15,17H,6-7,12-13,16H2,1-5H3,(H,27,32). The second-order valence-electron chi connectivity index (χ2n) is 8.31. The Morgan fingerprint density at radius 2 is 2.03 bits per heavy atom. The minimum atomic E-state index is -0.348. The van der Waals surface area contributed by atoms with E-state index in [1.807, 2.05) is 54.9 Å². The fourth-order valence-corrected chi connectivity index (χ4v) is 4.49. The number of rotatable bonds is 11. The number of carbonyl (C=O) groups excluding carboxylic acids is 2. The molecule has 1 aromatic carbocycles. The smallest absolute Gasteiger partial charge is 0.281 e. The lowest BCUT2D eigenvalue weighted by Crippen LogP contribution is -2.29. The maximum atomic E-state index is 12.9. The molecule has 10 heteroatoms. The van der Waals surface area contributed by atoms with E-state index in [9.17, 15) is 9.59 Å². The number of thiazole rings is 1. The molecule has 36 heavy (non-hydrogen) atoms. The molecule has 2 amide bonds. The molecule has 3 rings (SSSR count). The summed E-state index contributed by atoms with van der Waals surface area (Å²) in [4.78, 5) is 35.8. The van der Waals surface area contributed by atoms with Crippen LogP contribution in [0, 0.1) is 6.92 Å². The van der Waals surface area contributed by atoms with Gasteiger partial charge in [-0.2, -0.15) is 4.99 Å². The van der Waals surface area contributed by atoms with Crippen LogP contribution in [0.3, 0.4) is 0 Å². The number of methoxy groups -OCH3 is 1. The van der Waals surface area contributed by atoms with E-state index in [2.05, 4.69) is 21.4 Å². The lowest BCUT2D eigenvalue weighted by atomic mass is 10.1. The minimum Gasteiger partial charge on any atom is -0.492 e. The van der Waals surface area contributed by atoms with E-state index >= 15 is 0 Å². The summed E-state index contributed by atoms with van der Waals surface area (Å²) >= 11 is 1.40. The molecule has 0 atom stereocenters. The van der Waals surface area contributed by atoms with E-state index in [1.165, 1.54) is 18.4 Å². The highest BCUT2D eigenvalue weighted by Gasteiger charge is 2.14. The predicted molar refractivity (Wildman–Crippen MR) is 142 cm³/mol. The molecule has 0 bridgehead atoms. The number of carbonyl (C=O) groups is 2. The second kappa shape index (κ2) is 13.0. The zero-order valence-corrected chi connectivity index (χ0v) is 22.2. The summed E-state index contributed by atoms with van der Waals surface area (Å²) < 4.78 is 12.7. The summed E-state index contributed by atoms with van der Waals surface area (Å²) in [5, 5.41) is 4.84. The van der Waals surface area contributed by atoms with Crippen LogP contribution in [0.15, 0.2) is 46.9 Å². The predicted octanol–water partition coefficient (Wildman–Crippen LogP) is 3.28. The van der Waals surface area contributed by atoms with E-state index in [0.717, 1.165) is 28.4 Å². The third kappa shape index (κ3) is 7.02. The van der Waals surface area contributed by atoms with Crippen LogP contribution >= 0.6 is 11.3 Å². The number of amides is 2. The van der Waals surface area contributed by atoms with Crippen LogP contribution in [0.5, 0.6) is 5.75 Å². The highest BCUT2D eigenvalue weighted by Crippen LogP contribution is 2.33. The summed E-state index contributed by atoms with van der Waals surface area (Å²) in [5.41, 5.74) is 4.14. The first kappa shape index (κ1) is 27.1. The normalized spacial score (nSPS) is 11.4. The molecule has 192 valence electrons. The van der Waals surface area contributed by atoms with Gasteiger partial charge in [0.05, 0.1) is 23.6 Å². The number of benzene rings is 1. The molecule has 0 aliphatic heterocycles. The molecular formula is C26H33N5O4S. The van der Waals surface area contributed by atoms with Crippen LogP contribution in [0.2, 0.25) is 0 Å². The van der Waals surface area contributed by atoms with Crippen molar-refractivity contribution in [3.63, 3.8) is 0 Å². The van der Waals surface area contributed by atoms with E-state index in [0.29, 0.717) is 36.5 Å². The Morgan fingerprint density at radius 1 is 1.22 bits per heavy atom. The van der Waals surface area contributed by atoms with Gasteiger partial charge in [-0.1, -0.05) is 0 Å². The maximum Gasteiger partial charge on any atom is 0.281 e. The molecule has 0 saturated heterocycles. The first-order chi connectivity index (χ1) is 17.3. The van der Waals surface area contributed by atoms with Crippen LogP contribution in [-0.2, 0) is 16.1 Å². The summed E-state index contributed by atoms with van der Waals surface area (Å²) in [6, 6.07) is 9.56. The zero-order valence-electron chi connectivity index (χ0n) is 21.4. The van der Waals surface area contributed by atoms with Gasteiger partial charge >= 0.3 is 0 Å². The third-order valence-corrected chi connectivity index (χ3v) is 6.21. The summed E-state index contributed by atoms with van der Waals surface area (Å²) in [7, 11) is 5.43. The van der Waals surface area contributed by atoms with Gasteiger partial charge < -0.3 is 24.3 Å². The highest BCUT2D eigenvalue weighted by molar-refractivity contribution is 7.07. The van der Waals surface area contributed by atoms with Crippen LogP contribution in [0.4, 0.5) is 5.69 Å². The van der Waals surface area contributed by atoms with Crippen molar-refractivity contribution in [3.05, 3.63) is 58.0 Å². The van der Waals surface area contributed by atoms with Crippen LogP contribution < -0.4 is 19.8 Å². The van der Waals surface area contributed by atoms with E-state index in [-0.39, 0.29) is 18.4 Å². The van der Waals surface area contributed by atoms with Gasteiger partial charge in [0, 0.05) is 57.1 Å². The Bertz CT molecular complexity index is 1250. The largest absolute Gasteiger partial charge is 0.492 e.